The number of nitrogens with zero attached hydrogens (tertiary/aromatic N) is 1. The zero-order chi connectivity index (χ0) is 14.1. The number of hydrogen-bond acceptors (Lipinski definition) is 4. The van der Waals surface area contributed by atoms with Crippen molar-refractivity contribution in [3.05, 3.63) is 0 Å². The first-order valence-electron chi connectivity index (χ1n) is 5.83. The van der Waals surface area contributed by atoms with Crippen LogP contribution in [0.25, 0.3) is 0 Å². The van der Waals surface area contributed by atoms with Crippen molar-refractivity contribution in [2.75, 3.05) is 19.6 Å². The minimum Gasteiger partial charge on any atom is -0.481 e. The third-order valence-electron chi connectivity index (χ3n) is 2.44. The van der Waals surface area contributed by atoms with Crippen LogP contribution in [0.4, 0.5) is 0 Å². The standard InChI is InChI=1S/C11H20N2O5/c1-3-5-12-9(14)7-13(6-4-10(15)16)8(2)11(17)18/h8H,3-7H2,1-2H3,(H,12,14)(H,15,16)(H,17,18). The lowest BCUT2D eigenvalue weighted by Gasteiger charge is -2.24. The molecule has 1 atom stereocenters. The van der Waals surface area contributed by atoms with Gasteiger partial charge in [0.15, 0.2) is 0 Å². The number of carbonyl (C=O) groups is 3. The van der Waals surface area contributed by atoms with Crippen LogP contribution in [0.2, 0.25) is 0 Å². The van der Waals surface area contributed by atoms with E-state index in [-0.39, 0.29) is 25.4 Å². The Morgan fingerprint density at radius 3 is 2.33 bits per heavy atom. The molecule has 0 bridgehead atoms. The lowest BCUT2D eigenvalue weighted by Crippen LogP contribution is -2.46. The highest BCUT2D eigenvalue weighted by atomic mass is 16.4. The molecule has 0 saturated heterocycles. The fourth-order valence-corrected chi connectivity index (χ4v) is 1.31. The smallest absolute Gasteiger partial charge is 0.320 e. The number of carboxylic acids is 2. The predicted molar refractivity (Wildman–Crippen MR) is 64.2 cm³/mol. The van der Waals surface area contributed by atoms with E-state index in [4.69, 9.17) is 10.2 Å². The second-order valence-corrected chi connectivity index (χ2v) is 3.98. The monoisotopic (exact) mass is 260 g/mol. The van der Waals surface area contributed by atoms with Crippen LogP contribution in [0.3, 0.4) is 0 Å². The Labute approximate surface area is 106 Å². The number of hydrogen-bond donors (Lipinski definition) is 3. The van der Waals surface area contributed by atoms with Gasteiger partial charge < -0.3 is 15.5 Å². The van der Waals surface area contributed by atoms with Gasteiger partial charge in [-0.2, -0.15) is 0 Å². The average Bonchev–Trinajstić information content (AvgIpc) is 2.30. The van der Waals surface area contributed by atoms with Crippen LogP contribution in [-0.4, -0.2) is 58.6 Å². The molecule has 0 aromatic rings. The van der Waals surface area contributed by atoms with Gasteiger partial charge in [0.1, 0.15) is 6.04 Å². The van der Waals surface area contributed by atoms with Crippen molar-refractivity contribution in [1.29, 1.82) is 0 Å². The summed E-state index contributed by atoms with van der Waals surface area (Å²) in [6, 6.07) is -0.892. The van der Waals surface area contributed by atoms with E-state index in [1.54, 1.807) is 0 Å². The Hall–Kier alpha value is -1.63. The van der Waals surface area contributed by atoms with Gasteiger partial charge in [-0.15, -0.1) is 0 Å². The Kier molecular flexibility index (Phi) is 7.69. The zero-order valence-corrected chi connectivity index (χ0v) is 10.7. The average molecular weight is 260 g/mol. The van der Waals surface area contributed by atoms with E-state index in [0.717, 1.165) is 6.42 Å². The minimum absolute atomic E-state index is 0.0301. The number of carbonyl (C=O) groups excluding carboxylic acids is 1. The second-order valence-electron chi connectivity index (χ2n) is 3.98. The summed E-state index contributed by atoms with van der Waals surface area (Å²) in [6.07, 6.45) is 0.591. The largest absolute Gasteiger partial charge is 0.481 e. The quantitative estimate of drug-likeness (QED) is 0.528. The molecule has 0 heterocycles. The maximum Gasteiger partial charge on any atom is 0.320 e. The molecule has 7 heteroatoms. The van der Waals surface area contributed by atoms with Gasteiger partial charge in [-0.25, -0.2) is 0 Å². The molecule has 1 unspecified atom stereocenters. The minimum atomic E-state index is -1.08. The van der Waals surface area contributed by atoms with Crippen molar-refractivity contribution in [1.82, 2.24) is 10.2 Å². The molecule has 0 aromatic carbocycles. The number of rotatable bonds is 9. The molecule has 104 valence electrons. The predicted octanol–water partition coefficient (Wildman–Crippen LogP) is -0.238. The molecule has 3 N–H and O–H groups in total. The summed E-state index contributed by atoms with van der Waals surface area (Å²) in [5, 5.41) is 20.1. The third kappa shape index (κ3) is 6.85. The fourth-order valence-electron chi connectivity index (χ4n) is 1.31. The van der Waals surface area contributed by atoms with Gasteiger partial charge in [-0.05, 0) is 13.3 Å². The molecule has 1 amide bonds. The first kappa shape index (κ1) is 16.4. The van der Waals surface area contributed by atoms with Crippen LogP contribution >= 0.6 is 0 Å². The Bertz CT molecular complexity index is 306. The molecule has 7 nitrogen and oxygen atoms in total. The summed E-state index contributed by atoms with van der Waals surface area (Å²) >= 11 is 0. The molecule has 0 rings (SSSR count). The number of aliphatic carboxylic acids is 2. The van der Waals surface area contributed by atoms with Gasteiger partial charge in [0, 0.05) is 13.1 Å². The molecule has 0 aliphatic heterocycles. The van der Waals surface area contributed by atoms with Gasteiger partial charge >= 0.3 is 11.9 Å². The van der Waals surface area contributed by atoms with Crippen molar-refractivity contribution in [3.8, 4) is 0 Å². The van der Waals surface area contributed by atoms with Crippen LogP contribution in [0.5, 0.6) is 0 Å². The van der Waals surface area contributed by atoms with Crippen LogP contribution in [-0.2, 0) is 14.4 Å². The van der Waals surface area contributed by atoms with Gasteiger partial charge in [-0.1, -0.05) is 6.92 Å². The van der Waals surface area contributed by atoms with Gasteiger partial charge in [0.25, 0.3) is 0 Å². The number of nitrogens with one attached hydrogen (secondary N) is 1. The maximum atomic E-state index is 11.5. The second kappa shape index (κ2) is 8.46. The van der Waals surface area contributed by atoms with E-state index in [9.17, 15) is 14.4 Å². The first-order chi connectivity index (χ1) is 8.38. The van der Waals surface area contributed by atoms with Gasteiger partial charge in [-0.3, -0.25) is 19.3 Å². The van der Waals surface area contributed by atoms with Crippen molar-refractivity contribution < 1.29 is 24.6 Å². The Morgan fingerprint density at radius 2 is 1.89 bits per heavy atom. The van der Waals surface area contributed by atoms with E-state index in [0.29, 0.717) is 6.54 Å². The SMILES string of the molecule is CCCNC(=O)CN(CCC(=O)O)C(C)C(=O)O. The lowest BCUT2D eigenvalue weighted by atomic mass is 10.2. The summed E-state index contributed by atoms with van der Waals surface area (Å²) in [5.74, 6) is -2.40. The summed E-state index contributed by atoms with van der Waals surface area (Å²) in [5.41, 5.74) is 0. The normalized spacial score (nSPS) is 12.2. The topological polar surface area (TPSA) is 107 Å². The molecular formula is C11H20N2O5. The van der Waals surface area contributed by atoms with Crippen molar-refractivity contribution >= 4 is 17.8 Å². The molecule has 0 saturated carbocycles. The maximum absolute atomic E-state index is 11.5. The highest BCUT2D eigenvalue weighted by Gasteiger charge is 2.23. The Balaban J connectivity index is 4.41. The molecule has 0 aromatic heterocycles. The van der Waals surface area contributed by atoms with E-state index in [2.05, 4.69) is 5.32 Å². The molecular weight excluding hydrogens is 240 g/mol. The van der Waals surface area contributed by atoms with Gasteiger partial charge in [0.05, 0.1) is 13.0 Å². The highest BCUT2D eigenvalue weighted by molar-refractivity contribution is 5.80. The molecule has 0 aliphatic carbocycles. The first-order valence-corrected chi connectivity index (χ1v) is 5.83. The fraction of sp³-hybridized carbons (Fsp3) is 0.727. The van der Waals surface area contributed by atoms with Gasteiger partial charge in [0.2, 0.25) is 5.91 Å². The van der Waals surface area contributed by atoms with E-state index < -0.39 is 18.0 Å². The molecule has 0 radical (unpaired) electrons. The van der Waals surface area contributed by atoms with E-state index in [1.165, 1.54) is 11.8 Å². The van der Waals surface area contributed by atoms with E-state index in [1.807, 2.05) is 6.92 Å². The summed E-state index contributed by atoms with van der Waals surface area (Å²) in [7, 11) is 0. The summed E-state index contributed by atoms with van der Waals surface area (Å²) < 4.78 is 0. The summed E-state index contributed by atoms with van der Waals surface area (Å²) in [4.78, 5) is 34.2. The highest BCUT2D eigenvalue weighted by Crippen LogP contribution is 2.01. The molecule has 0 spiro atoms. The Morgan fingerprint density at radius 1 is 1.28 bits per heavy atom. The van der Waals surface area contributed by atoms with Crippen LogP contribution in [0.15, 0.2) is 0 Å². The van der Waals surface area contributed by atoms with Crippen LogP contribution < -0.4 is 5.32 Å². The van der Waals surface area contributed by atoms with Crippen LogP contribution in [0, 0.1) is 0 Å². The van der Waals surface area contributed by atoms with Crippen molar-refractivity contribution in [3.63, 3.8) is 0 Å². The van der Waals surface area contributed by atoms with E-state index >= 15 is 0 Å². The third-order valence-corrected chi connectivity index (χ3v) is 2.44. The molecule has 0 fully saturated rings. The molecule has 0 aliphatic rings. The van der Waals surface area contributed by atoms with Crippen molar-refractivity contribution in [2.24, 2.45) is 0 Å². The van der Waals surface area contributed by atoms with Crippen molar-refractivity contribution in [2.45, 2.75) is 32.7 Å². The number of carboxylic acid groups (broad SMARTS) is 2. The summed E-state index contributed by atoms with van der Waals surface area (Å²) in [6.45, 7) is 3.77. The number of amides is 1. The lowest BCUT2D eigenvalue weighted by molar-refractivity contribution is -0.145. The van der Waals surface area contributed by atoms with Crippen LogP contribution in [0.1, 0.15) is 26.7 Å². The zero-order valence-electron chi connectivity index (χ0n) is 10.7. The molecule has 18 heavy (non-hydrogen) atoms.